The first-order valence-electron chi connectivity index (χ1n) is 8.77. The van der Waals surface area contributed by atoms with Crippen LogP contribution in [0.3, 0.4) is 0 Å². The summed E-state index contributed by atoms with van der Waals surface area (Å²) in [7, 11) is 0. The molecule has 2 N–H and O–H groups in total. The molecule has 1 aromatic carbocycles. The molecule has 0 bridgehead atoms. The molecule has 1 aromatic rings. The predicted molar refractivity (Wildman–Crippen MR) is 99.1 cm³/mol. The number of imide groups is 1. The van der Waals surface area contributed by atoms with E-state index < -0.39 is 23.4 Å². The number of anilines is 1. The summed E-state index contributed by atoms with van der Waals surface area (Å²) in [5, 5.41) is 5.31. The van der Waals surface area contributed by atoms with Gasteiger partial charge < -0.3 is 15.4 Å². The van der Waals surface area contributed by atoms with Crippen molar-refractivity contribution in [2.75, 3.05) is 18.5 Å². The van der Waals surface area contributed by atoms with E-state index in [4.69, 9.17) is 4.74 Å². The number of nitrogens with zero attached hydrogens (tertiary/aromatic N) is 1. The Kier molecular flexibility index (Phi) is 6.20. The lowest BCUT2D eigenvalue weighted by Gasteiger charge is -2.15. The lowest BCUT2D eigenvalue weighted by atomic mass is 10.1. The zero-order valence-corrected chi connectivity index (χ0v) is 16.0. The topological polar surface area (TPSA) is 105 Å². The second kappa shape index (κ2) is 8.20. The molecule has 1 aliphatic heterocycles. The van der Waals surface area contributed by atoms with Crippen molar-refractivity contribution in [2.24, 2.45) is 0 Å². The third-order valence-electron chi connectivity index (χ3n) is 4.32. The number of hydrogen-bond donors (Lipinski definition) is 2. The number of rotatable bonds is 7. The van der Waals surface area contributed by atoms with Crippen molar-refractivity contribution in [3.05, 3.63) is 29.3 Å². The second-order valence-corrected chi connectivity index (χ2v) is 7.09. The molecule has 1 heterocycles. The van der Waals surface area contributed by atoms with Crippen molar-refractivity contribution in [3.8, 4) is 0 Å². The van der Waals surface area contributed by atoms with Gasteiger partial charge in [0.15, 0.2) is 6.61 Å². The maximum Gasteiger partial charge on any atom is 0.325 e. The number of nitrogens with one attached hydrogen (secondary N) is 2. The minimum absolute atomic E-state index is 0.00810. The van der Waals surface area contributed by atoms with Crippen molar-refractivity contribution >= 4 is 29.5 Å². The number of urea groups is 1. The molecule has 8 nitrogen and oxygen atoms in total. The molecule has 0 saturated carbocycles. The number of amides is 4. The van der Waals surface area contributed by atoms with E-state index in [1.807, 2.05) is 32.0 Å². The van der Waals surface area contributed by atoms with Gasteiger partial charge in [-0.25, -0.2) is 4.79 Å². The zero-order valence-electron chi connectivity index (χ0n) is 16.0. The average Bonchev–Trinajstić information content (AvgIpc) is 2.78. The highest BCUT2D eigenvalue weighted by Gasteiger charge is 2.43. The predicted octanol–water partition coefficient (Wildman–Crippen LogP) is 1.90. The van der Waals surface area contributed by atoms with Crippen molar-refractivity contribution < 1.29 is 23.9 Å². The molecule has 4 amide bonds. The molecular formula is C19H25N3O5. The average molecular weight is 375 g/mol. The number of benzene rings is 1. The molecule has 0 radical (unpaired) electrons. The van der Waals surface area contributed by atoms with E-state index >= 15 is 0 Å². The van der Waals surface area contributed by atoms with E-state index in [0.717, 1.165) is 16.0 Å². The normalized spacial score (nSPS) is 15.5. The SMILES string of the molecule is Cc1cccc(C)c1NC(=O)COC(=O)CCCN1C(=O)NC(C)(C)C1=O. The molecule has 2 rings (SSSR count). The molecule has 0 aliphatic carbocycles. The van der Waals surface area contributed by atoms with Gasteiger partial charge in [-0.1, -0.05) is 18.2 Å². The Morgan fingerprint density at radius 1 is 1.19 bits per heavy atom. The first kappa shape index (κ1) is 20.4. The minimum Gasteiger partial charge on any atom is -0.456 e. The molecule has 1 fully saturated rings. The number of carbonyl (C=O) groups excluding carboxylic acids is 4. The smallest absolute Gasteiger partial charge is 0.325 e. The van der Waals surface area contributed by atoms with Gasteiger partial charge in [0, 0.05) is 18.7 Å². The van der Waals surface area contributed by atoms with Gasteiger partial charge in [-0.2, -0.15) is 0 Å². The van der Waals surface area contributed by atoms with Crippen LogP contribution in [0.25, 0.3) is 0 Å². The van der Waals surface area contributed by atoms with Crippen LogP contribution in [0, 0.1) is 13.8 Å². The maximum absolute atomic E-state index is 12.0. The Hall–Kier alpha value is -2.90. The Morgan fingerprint density at radius 3 is 2.37 bits per heavy atom. The summed E-state index contributed by atoms with van der Waals surface area (Å²) in [6, 6.07) is 5.19. The van der Waals surface area contributed by atoms with Crippen LogP contribution in [-0.2, 0) is 19.1 Å². The monoisotopic (exact) mass is 375 g/mol. The molecular weight excluding hydrogens is 350 g/mol. The minimum atomic E-state index is -0.927. The van der Waals surface area contributed by atoms with Crippen molar-refractivity contribution in [1.29, 1.82) is 0 Å². The van der Waals surface area contributed by atoms with E-state index in [-0.39, 0.29) is 31.9 Å². The molecule has 146 valence electrons. The lowest BCUT2D eigenvalue weighted by Crippen LogP contribution is -2.40. The fraction of sp³-hybridized carbons (Fsp3) is 0.474. The number of esters is 1. The van der Waals surface area contributed by atoms with Crippen LogP contribution in [0.15, 0.2) is 18.2 Å². The molecule has 8 heteroatoms. The van der Waals surface area contributed by atoms with Crippen LogP contribution in [0.5, 0.6) is 0 Å². The summed E-state index contributed by atoms with van der Waals surface area (Å²) in [5.74, 6) is -1.30. The number of hydrogen-bond acceptors (Lipinski definition) is 5. The number of para-hydroxylation sites is 1. The van der Waals surface area contributed by atoms with Gasteiger partial charge in [0.2, 0.25) is 0 Å². The fourth-order valence-corrected chi connectivity index (χ4v) is 2.81. The molecule has 1 aliphatic rings. The Morgan fingerprint density at radius 2 is 1.81 bits per heavy atom. The quantitative estimate of drug-likeness (QED) is 0.559. The summed E-state index contributed by atoms with van der Waals surface area (Å²) in [4.78, 5) is 48.6. The van der Waals surface area contributed by atoms with E-state index in [9.17, 15) is 19.2 Å². The van der Waals surface area contributed by atoms with E-state index in [1.165, 1.54) is 0 Å². The summed E-state index contributed by atoms with van der Waals surface area (Å²) in [6.45, 7) is 6.74. The number of aryl methyl sites for hydroxylation is 2. The van der Waals surface area contributed by atoms with E-state index in [2.05, 4.69) is 10.6 Å². The zero-order chi connectivity index (χ0) is 20.2. The molecule has 0 aromatic heterocycles. The van der Waals surface area contributed by atoms with Crippen molar-refractivity contribution in [3.63, 3.8) is 0 Å². The lowest BCUT2D eigenvalue weighted by molar-refractivity contribution is -0.147. The van der Waals surface area contributed by atoms with E-state index in [0.29, 0.717) is 5.69 Å². The van der Waals surface area contributed by atoms with Crippen LogP contribution < -0.4 is 10.6 Å². The molecule has 1 saturated heterocycles. The molecule has 27 heavy (non-hydrogen) atoms. The van der Waals surface area contributed by atoms with Crippen molar-refractivity contribution in [2.45, 2.75) is 46.1 Å². The maximum atomic E-state index is 12.0. The highest BCUT2D eigenvalue weighted by Crippen LogP contribution is 2.19. The largest absolute Gasteiger partial charge is 0.456 e. The first-order valence-corrected chi connectivity index (χ1v) is 8.77. The Balaban J connectivity index is 1.73. The van der Waals surface area contributed by atoms with Crippen LogP contribution in [-0.4, -0.2) is 47.4 Å². The number of carbonyl (C=O) groups is 4. The van der Waals surface area contributed by atoms with Gasteiger partial charge in [0.25, 0.3) is 11.8 Å². The highest BCUT2D eigenvalue weighted by molar-refractivity contribution is 6.06. The Labute approximate surface area is 158 Å². The van der Waals surface area contributed by atoms with Crippen LogP contribution in [0.1, 0.15) is 37.8 Å². The van der Waals surface area contributed by atoms with Gasteiger partial charge in [0.05, 0.1) is 0 Å². The first-order chi connectivity index (χ1) is 12.6. The third-order valence-corrected chi connectivity index (χ3v) is 4.32. The van der Waals surface area contributed by atoms with Gasteiger partial charge in [-0.3, -0.25) is 19.3 Å². The van der Waals surface area contributed by atoms with Gasteiger partial charge >= 0.3 is 12.0 Å². The molecule has 0 atom stereocenters. The van der Waals surface area contributed by atoms with Gasteiger partial charge in [-0.15, -0.1) is 0 Å². The summed E-state index contributed by atoms with van der Waals surface area (Å²) >= 11 is 0. The van der Waals surface area contributed by atoms with Crippen LogP contribution in [0.2, 0.25) is 0 Å². The Bertz CT molecular complexity index is 752. The third kappa shape index (κ3) is 5.06. The van der Waals surface area contributed by atoms with Gasteiger partial charge in [0.1, 0.15) is 5.54 Å². The summed E-state index contributed by atoms with van der Waals surface area (Å²) < 4.78 is 4.96. The second-order valence-electron chi connectivity index (χ2n) is 7.09. The summed E-state index contributed by atoms with van der Waals surface area (Å²) in [5.41, 5.74) is 1.63. The fourth-order valence-electron chi connectivity index (χ4n) is 2.81. The molecule has 0 unspecified atom stereocenters. The standard InChI is InChI=1S/C19H25N3O5/c1-12-7-5-8-13(2)16(12)20-14(23)11-27-15(24)9-6-10-22-17(25)19(3,4)21-18(22)26/h5,7-8H,6,9-11H2,1-4H3,(H,20,23)(H,21,26). The highest BCUT2D eigenvalue weighted by atomic mass is 16.5. The van der Waals surface area contributed by atoms with Crippen LogP contribution in [0.4, 0.5) is 10.5 Å². The van der Waals surface area contributed by atoms with Crippen LogP contribution >= 0.6 is 0 Å². The van der Waals surface area contributed by atoms with Gasteiger partial charge in [-0.05, 0) is 45.2 Å². The summed E-state index contributed by atoms with van der Waals surface area (Å²) in [6.07, 6.45) is 0.279. The van der Waals surface area contributed by atoms with Crippen molar-refractivity contribution in [1.82, 2.24) is 10.2 Å². The number of ether oxygens (including phenoxy) is 1. The molecule has 0 spiro atoms. The van der Waals surface area contributed by atoms with E-state index in [1.54, 1.807) is 13.8 Å².